The van der Waals surface area contributed by atoms with E-state index in [1.165, 1.54) is 0 Å². The topological polar surface area (TPSA) is 41.3 Å². The molecule has 3 nitrogen and oxygen atoms in total. The van der Waals surface area contributed by atoms with Crippen molar-refractivity contribution in [3.63, 3.8) is 0 Å². The molecule has 0 aliphatic heterocycles. The highest BCUT2D eigenvalue weighted by Gasteiger charge is 1.99. The molecular formula is C13H21N3S. The van der Waals surface area contributed by atoms with Gasteiger partial charge in [0.05, 0.1) is 0 Å². The van der Waals surface area contributed by atoms with E-state index in [1.807, 2.05) is 24.3 Å². The van der Waals surface area contributed by atoms with Crippen LogP contribution in [0.15, 0.2) is 24.3 Å². The van der Waals surface area contributed by atoms with Gasteiger partial charge in [-0.05, 0) is 37.4 Å². The Morgan fingerprint density at radius 1 is 1.24 bits per heavy atom. The second-order valence-corrected chi connectivity index (χ2v) is 4.34. The Labute approximate surface area is 109 Å². The second-order valence-electron chi connectivity index (χ2n) is 3.90. The molecule has 1 aromatic carbocycles. The highest BCUT2D eigenvalue weighted by Crippen LogP contribution is 2.09. The molecule has 0 unspecified atom stereocenters. The van der Waals surface area contributed by atoms with Crippen LogP contribution in [0.5, 0.6) is 0 Å². The van der Waals surface area contributed by atoms with E-state index in [0.29, 0.717) is 4.99 Å². The number of hydrogen-bond donors (Lipinski definition) is 2. The highest BCUT2D eigenvalue weighted by molar-refractivity contribution is 7.80. The molecule has 1 aromatic rings. The van der Waals surface area contributed by atoms with Crippen molar-refractivity contribution in [1.29, 1.82) is 0 Å². The summed E-state index contributed by atoms with van der Waals surface area (Å²) in [6.45, 7) is 8.57. The van der Waals surface area contributed by atoms with E-state index in [4.69, 9.17) is 18.0 Å². The van der Waals surface area contributed by atoms with Crippen LogP contribution in [0.25, 0.3) is 0 Å². The molecule has 0 bridgehead atoms. The maximum absolute atomic E-state index is 5.54. The minimum absolute atomic E-state index is 0.444. The number of hydrogen-bond acceptors (Lipinski definition) is 3. The van der Waals surface area contributed by atoms with Gasteiger partial charge in [-0.1, -0.05) is 26.1 Å². The number of benzene rings is 1. The Morgan fingerprint density at radius 2 is 1.82 bits per heavy atom. The minimum Gasteiger partial charge on any atom is -0.389 e. The summed E-state index contributed by atoms with van der Waals surface area (Å²) in [5.41, 5.74) is 7.56. The van der Waals surface area contributed by atoms with Crippen LogP contribution >= 0.6 is 12.2 Å². The first kappa shape index (κ1) is 13.9. The van der Waals surface area contributed by atoms with E-state index in [0.717, 1.165) is 37.4 Å². The summed E-state index contributed by atoms with van der Waals surface area (Å²) in [6, 6.07) is 7.91. The summed E-state index contributed by atoms with van der Waals surface area (Å²) < 4.78 is 0. The fourth-order valence-electron chi connectivity index (χ4n) is 1.65. The molecule has 0 amide bonds. The van der Waals surface area contributed by atoms with Crippen molar-refractivity contribution >= 4 is 22.9 Å². The number of nitrogens with zero attached hydrogens (tertiary/aromatic N) is 1. The lowest BCUT2D eigenvalue weighted by molar-refractivity contribution is 0.316. The van der Waals surface area contributed by atoms with Crippen molar-refractivity contribution in [1.82, 2.24) is 4.90 Å². The Kier molecular flexibility index (Phi) is 5.94. The SMILES string of the molecule is CCN(CC)CCNc1ccc(C(N)=S)cc1. The summed E-state index contributed by atoms with van der Waals surface area (Å²) in [5, 5.41) is 3.38. The average Bonchev–Trinajstić information content (AvgIpc) is 2.35. The van der Waals surface area contributed by atoms with Crippen molar-refractivity contribution < 1.29 is 0 Å². The van der Waals surface area contributed by atoms with Crippen LogP contribution in [0.2, 0.25) is 0 Å². The predicted molar refractivity (Wildman–Crippen MR) is 78.6 cm³/mol. The molecule has 0 radical (unpaired) electrons. The Balaban J connectivity index is 2.39. The van der Waals surface area contributed by atoms with Gasteiger partial charge >= 0.3 is 0 Å². The smallest absolute Gasteiger partial charge is 0.103 e. The quantitative estimate of drug-likeness (QED) is 0.728. The molecule has 0 saturated carbocycles. The molecule has 0 aromatic heterocycles. The summed E-state index contributed by atoms with van der Waals surface area (Å²) in [5.74, 6) is 0. The zero-order valence-electron chi connectivity index (χ0n) is 10.6. The van der Waals surface area contributed by atoms with Gasteiger partial charge in [0.15, 0.2) is 0 Å². The fourth-order valence-corrected chi connectivity index (χ4v) is 1.79. The number of rotatable bonds is 7. The number of thiocarbonyl (C=S) groups is 1. The van der Waals surface area contributed by atoms with E-state index < -0.39 is 0 Å². The van der Waals surface area contributed by atoms with Gasteiger partial charge in [-0.25, -0.2) is 0 Å². The third-order valence-electron chi connectivity index (χ3n) is 2.82. The van der Waals surface area contributed by atoms with Crippen molar-refractivity contribution in [3.05, 3.63) is 29.8 Å². The number of likely N-dealkylation sites (N-methyl/N-ethyl adjacent to an activating group) is 1. The van der Waals surface area contributed by atoms with Gasteiger partial charge in [0.1, 0.15) is 4.99 Å². The van der Waals surface area contributed by atoms with Crippen LogP contribution < -0.4 is 11.1 Å². The molecule has 17 heavy (non-hydrogen) atoms. The van der Waals surface area contributed by atoms with Crippen molar-refractivity contribution in [2.45, 2.75) is 13.8 Å². The van der Waals surface area contributed by atoms with E-state index in [1.54, 1.807) is 0 Å². The lowest BCUT2D eigenvalue weighted by atomic mass is 10.2. The van der Waals surface area contributed by atoms with Crippen LogP contribution in [-0.4, -0.2) is 36.1 Å². The molecule has 0 aliphatic rings. The molecule has 94 valence electrons. The summed E-state index contributed by atoms with van der Waals surface area (Å²) in [7, 11) is 0. The van der Waals surface area contributed by atoms with E-state index in [9.17, 15) is 0 Å². The first-order valence-corrected chi connectivity index (χ1v) is 6.44. The van der Waals surface area contributed by atoms with E-state index in [2.05, 4.69) is 24.1 Å². The molecule has 0 spiro atoms. The van der Waals surface area contributed by atoms with Crippen LogP contribution in [0.3, 0.4) is 0 Å². The van der Waals surface area contributed by atoms with Gasteiger partial charge < -0.3 is 16.0 Å². The molecular weight excluding hydrogens is 230 g/mol. The van der Waals surface area contributed by atoms with Gasteiger partial charge in [-0.3, -0.25) is 0 Å². The normalized spacial score (nSPS) is 10.5. The molecule has 0 heterocycles. The second kappa shape index (κ2) is 7.25. The third-order valence-corrected chi connectivity index (χ3v) is 3.06. The molecule has 0 atom stereocenters. The highest BCUT2D eigenvalue weighted by atomic mass is 32.1. The van der Waals surface area contributed by atoms with Gasteiger partial charge in [0.25, 0.3) is 0 Å². The maximum atomic E-state index is 5.54. The number of nitrogens with two attached hydrogens (primary N) is 1. The number of anilines is 1. The summed E-state index contributed by atoms with van der Waals surface area (Å²) in [6.07, 6.45) is 0. The summed E-state index contributed by atoms with van der Waals surface area (Å²) >= 11 is 4.91. The van der Waals surface area contributed by atoms with Crippen LogP contribution in [0.1, 0.15) is 19.4 Å². The minimum atomic E-state index is 0.444. The average molecular weight is 251 g/mol. The fraction of sp³-hybridized carbons (Fsp3) is 0.462. The zero-order chi connectivity index (χ0) is 12.7. The first-order valence-electron chi connectivity index (χ1n) is 6.03. The zero-order valence-corrected chi connectivity index (χ0v) is 11.4. The molecule has 0 aliphatic carbocycles. The Hall–Kier alpha value is -1.13. The van der Waals surface area contributed by atoms with Crippen molar-refractivity contribution in [2.24, 2.45) is 5.73 Å². The van der Waals surface area contributed by atoms with Gasteiger partial charge in [-0.2, -0.15) is 0 Å². The van der Waals surface area contributed by atoms with Crippen molar-refractivity contribution in [2.75, 3.05) is 31.5 Å². The van der Waals surface area contributed by atoms with E-state index in [-0.39, 0.29) is 0 Å². The Morgan fingerprint density at radius 3 is 2.29 bits per heavy atom. The third kappa shape index (κ3) is 4.71. The summed E-state index contributed by atoms with van der Waals surface area (Å²) in [4.78, 5) is 2.83. The molecule has 1 rings (SSSR count). The predicted octanol–water partition coefficient (Wildman–Crippen LogP) is 2.07. The monoisotopic (exact) mass is 251 g/mol. The molecule has 0 saturated heterocycles. The largest absolute Gasteiger partial charge is 0.389 e. The van der Waals surface area contributed by atoms with E-state index >= 15 is 0 Å². The standard InChI is InChI=1S/C13H21N3S/c1-3-16(4-2)10-9-15-12-7-5-11(6-8-12)13(14)17/h5-8,15H,3-4,9-10H2,1-2H3,(H2,14,17). The van der Waals surface area contributed by atoms with Gasteiger partial charge in [-0.15, -0.1) is 0 Å². The van der Waals surface area contributed by atoms with Crippen LogP contribution in [-0.2, 0) is 0 Å². The lowest BCUT2D eigenvalue weighted by Gasteiger charge is -2.18. The maximum Gasteiger partial charge on any atom is 0.103 e. The van der Waals surface area contributed by atoms with Gasteiger partial charge in [0.2, 0.25) is 0 Å². The number of nitrogens with one attached hydrogen (secondary N) is 1. The van der Waals surface area contributed by atoms with Crippen molar-refractivity contribution in [3.8, 4) is 0 Å². The lowest BCUT2D eigenvalue weighted by Crippen LogP contribution is -2.28. The van der Waals surface area contributed by atoms with Gasteiger partial charge in [0, 0.05) is 24.3 Å². The van der Waals surface area contributed by atoms with Crippen LogP contribution in [0.4, 0.5) is 5.69 Å². The molecule has 3 N–H and O–H groups in total. The Bertz CT molecular complexity index is 344. The molecule has 0 fully saturated rings. The molecule has 4 heteroatoms. The first-order chi connectivity index (χ1) is 8.17. The van der Waals surface area contributed by atoms with Crippen LogP contribution in [0, 0.1) is 0 Å².